The molecule has 6 heteroatoms. The number of aromatic nitrogens is 3. The average molecular weight is 269 g/mol. The van der Waals surface area contributed by atoms with Gasteiger partial charge in [0.2, 0.25) is 5.95 Å². The Labute approximate surface area is 113 Å². The van der Waals surface area contributed by atoms with Crippen LogP contribution in [0.4, 0.5) is 5.95 Å². The van der Waals surface area contributed by atoms with E-state index in [1.165, 1.54) is 0 Å². The zero-order valence-electron chi connectivity index (χ0n) is 10.3. The molecule has 0 spiro atoms. The molecule has 0 atom stereocenters. The lowest BCUT2D eigenvalue weighted by Crippen LogP contribution is -2.04. The van der Waals surface area contributed by atoms with E-state index < -0.39 is 0 Å². The van der Waals surface area contributed by atoms with E-state index in [9.17, 15) is 0 Å². The third kappa shape index (κ3) is 1.94. The molecule has 0 saturated heterocycles. The molecule has 0 aliphatic carbocycles. The Kier molecular flexibility index (Phi) is 2.69. The Balaban J connectivity index is 2.14. The van der Waals surface area contributed by atoms with Crippen LogP contribution in [0.5, 0.6) is 0 Å². The van der Waals surface area contributed by atoms with Gasteiger partial charge in [0.05, 0.1) is 17.6 Å². The van der Waals surface area contributed by atoms with Gasteiger partial charge in [-0.05, 0) is 19.1 Å². The number of hydrogen-bond donors (Lipinski definition) is 1. The zero-order chi connectivity index (χ0) is 13.4. The molecule has 0 aliphatic rings. The molecule has 0 saturated carbocycles. The molecule has 2 heterocycles. The van der Waals surface area contributed by atoms with Gasteiger partial charge in [-0.3, -0.25) is 0 Å². The van der Waals surface area contributed by atoms with Gasteiger partial charge in [-0.25, -0.2) is 9.97 Å². The van der Waals surface area contributed by atoms with Crippen molar-refractivity contribution in [2.75, 3.05) is 5.73 Å². The molecule has 1 aromatic carbocycles. The highest BCUT2D eigenvalue weighted by atomic mass is 32.1. The minimum Gasteiger partial charge on any atom is -0.369 e. The van der Waals surface area contributed by atoms with Gasteiger partial charge in [-0.15, -0.1) is 11.3 Å². The van der Waals surface area contributed by atoms with Crippen molar-refractivity contribution < 1.29 is 0 Å². The third-order valence-electron chi connectivity index (χ3n) is 2.89. The van der Waals surface area contributed by atoms with Crippen LogP contribution in [0.1, 0.15) is 16.3 Å². The molecule has 94 valence electrons. The second-order valence-corrected chi connectivity index (χ2v) is 5.17. The third-order valence-corrected chi connectivity index (χ3v) is 3.84. The first-order chi connectivity index (χ1) is 9.19. The van der Waals surface area contributed by atoms with Gasteiger partial charge in [0.25, 0.3) is 0 Å². The summed E-state index contributed by atoms with van der Waals surface area (Å²) in [6, 6.07) is 7.63. The van der Waals surface area contributed by atoms with Gasteiger partial charge in [0.1, 0.15) is 16.6 Å². The summed E-state index contributed by atoms with van der Waals surface area (Å²) in [5.41, 5.74) is 9.01. The number of nitriles is 1. The molecule has 19 heavy (non-hydrogen) atoms. The highest BCUT2D eigenvalue weighted by Gasteiger charge is 2.12. The summed E-state index contributed by atoms with van der Waals surface area (Å²) in [6.45, 7) is 2.54. The highest BCUT2D eigenvalue weighted by Crippen LogP contribution is 2.23. The Morgan fingerprint density at radius 3 is 2.95 bits per heavy atom. The number of hydrogen-bond acceptors (Lipinski definition) is 5. The summed E-state index contributed by atoms with van der Waals surface area (Å²) in [4.78, 5) is 8.71. The first-order valence-electron chi connectivity index (χ1n) is 5.75. The first kappa shape index (κ1) is 11.7. The van der Waals surface area contributed by atoms with Crippen molar-refractivity contribution in [1.29, 1.82) is 5.26 Å². The van der Waals surface area contributed by atoms with Crippen LogP contribution in [-0.2, 0) is 6.54 Å². The van der Waals surface area contributed by atoms with Gasteiger partial charge in [0.15, 0.2) is 0 Å². The Morgan fingerprint density at radius 2 is 2.26 bits per heavy atom. The number of nitrogens with two attached hydrogens (primary N) is 1. The molecule has 3 rings (SSSR count). The van der Waals surface area contributed by atoms with E-state index in [0.717, 1.165) is 16.2 Å². The standard InChI is InChI=1S/C13H11N5S/c1-8-7-19-11(16-8)6-18-10-4-2-3-9(5-14)12(10)17-13(18)15/h2-4,7H,6H2,1H3,(H2,15,17). The monoisotopic (exact) mass is 269 g/mol. The van der Waals surface area contributed by atoms with E-state index in [-0.39, 0.29) is 0 Å². The molecule has 0 radical (unpaired) electrons. The largest absolute Gasteiger partial charge is 0.369 e. The Bertz CT molecular complexity index is 793. The van der Waals surface area contributed by atoms with E-state index in [1.807, 2.05) is 29.0 Å². The lowest BCUT2D eigenvalue weighted by Gasteiger charge is -2.03. The molecule has 0 fully saturated rings. The molecule has 2 aromatic heterocycles. The number of aryl methyl sites for hydroxylation is 1. The van der Waals surface area contributed by atoms with Gasteiger partial charge >= 0.3 is 0 Å². The second-order valence-electron chi connectivity index (χ2n) is 4.22. The zero-order valence-corrected chi connectivity index (χ0v) is 11.1. The van der Waals surface area contributed by atoms with Crippen molar-refractivity contribution in [3.63, 3.8) is 0 Å². The van der Waals surface area contributed by atoms with Crippen LogP contribution in [0, 0.1) is 18.3 Å². The number of anilines is 1. The predicted octanol–water partition coefficient (Wildman–Crippen LogP) is 2.30. The van der Waals surface area contributed by atoms with Crippen molar-refractivity contribution in [1.82, 2.24) is 14.5 Å². The lowest BCUT2D eigenvalue weighted by molar-refractivity contribution is 0.826. The van der Waals surface area contributed by atoms with Crippen LogP contribution in [0.3, 0.4) is 0 Å². The van der Waals surface area contributed by atoms with Gasteiger partial charge in [0, 0.05) is 11.1 Å². The molecular formula is C13H11N5S. The minimum atomic E-state index is 0.408. The smallest absolute Gasteiger partial charge is 0.201 e. The Morgan fingerprint density at radius 1 is 1.42 bits per heavy atom. The van der Waals surface area contributed by atoms with Crippen molar-refractivity contribution >= 4 is 28.3 Å². The van der Waals surface area contributed by atoms with E-state index in [1.54, 1.807) is 17.4 Å². The van der Waals surface area contributed by atoms with Crippen LogP contribution in [0.25, 0.3) is 11.0 Å². The molecule has 0 aliphatic heterocycles. The SMILES string of the molecule is Cc1csc(Cn2c(N)nc3c(C#N)cccc32)n1. The van der Waals surface area contributed by atoms with Gasteiger partial charge in [-0.2, -0.15) is 5.26 Å². The van der Waals surface area contributed by atoms with Crippen LogP contribution in [-0.4, -0.2) is 14.5 Å². The number of fused-ring (bicyclic) bond motifs is 1. The number of benzene rings is 1. The average Bonchev–Trinajstić information content (AvgIpc) is 2.94. The quantitative estimate of drug-likeness (QED) is 0.774. The van der Waals surface area contributed by atoms with Gasteiger partial charge < -0.3 is 10.3 Å². The predicted molar refractivity (Wildman–Crippen MR) is 74.8 cm³/mol. The summed E-state index contributed by atoms with van der Waals surface area (Å²) in [5, 5.41) is 12.1. The van der Waals surface area contributed by atoms with Crippen molar-refractivity contribution in [3.05, 3.63) is 39.8 Å². The summed E-state index contributed by atoms with van der Waals surface area (Å²) in [6.07, 6.45) is 0. The van der Waals surface area contributed by atoms with Crippen molar-refractivity contribution in [2.45, 2.75) is 13.5 Å². The van der Waals surface area contributed by atoms with Crippen LogP contribution in [0.15, 0.2) is 23.6 Å². The van der Waals surface area contributed by atoms with Crippen molar-refractivity contribution in [3.8, 4) is 6.07 Å². The first-order valence-corrected chi connectivity index (χ1v) is 6.63. The second kappa shape index (κ2) is 4.37. The maximum Gasteiger partial charge on any atom is 0.201 e. The lowest BCUT2D eigenvalue weighted by atomic mass is 10.2. The molecule has 2 N–H and O–H groups in total. The summed E-state index contributed by atoms with van der Waals surface area (Å²) in [7, 11) is 0. The fraction of sp³-hybridized carbons (Fsp3) is 0.154. The Hall–Kier alpha value is -2.39. The maximum absolute atomic E-state index is 9.08. The number of rotatable bonds is 2. The molecule has 5 nitrogen and oxygen atoms in total. The van der Waals surface area contributed by atoms with Crippen LogP contribution in [0.2, 0.25) is 0 Å². The van der Waals surface area contributed by atoms with Crippen LogP contribution >= 0.6 is 11.3 Å². The normalized spacial score (nSPS) is 10.7. The van der Waals surface area contributed by atoms with E-state index in [2.05, 4.69) is 16.0 Å². The number of imidazole rings is 1. The number of nitrogens with zero attached hydrogens (tertiary/aromatic N) is 4. The number of thiazole rings is 1. The highest BCUT2D eigenvalue weighted by molar-refractivity contribution is 7.09. The molecule has 0 bridgehead atoms. The molecular weight excluding hydrogens is 258 g/mol. The topological polar surface area (TPSA) is 80.5 Å². The number of nitrogen functional groups attached to an aromatic ring is 1. The fourth-order valence-electron chi connectivity index (χ4n) is 2.03. The van der Waals surface area contributed by atoms with E-state index in [0.29, 0.717) is 23.6 Å². The summed E-state index contributed by atoms with van der Waals surface area (Å²) < 4.78 is 1.88. The van der Waals surface area contributed by atoms with E-state index in [4.69, 9.17) is 11.0 Å². The van der Waals surface area contributed by atoms with Crippen LogP contribution < -0.4 is 5.73 Å². The van der Waals surface area contributed by atoms with E-state index >= 15 is 0 Å². The number of para-hydroxylation sites is 1. The summed E-state index contributed by atoms with van der Waals surface area (Å²) >= 11 is 1.59. The summed E-state index contributed by atoms with van der Waals surface area (Å²) in [5.74, 6) is 0.408. The molecule has 3 aromatic rings. The van der Waals surface area contributed by atoms with Gasteiger partial charge in [-0.1, -0.05) is 6.07 Å². The minimum absolute atomic E-state index is 0.408. The van der Waals surface area contributed by atoms with Crippen molar-refractivity contribution in [2.24, 2.45) is 0 Å². The maximum atomic E-state index is 9.08. The fourth-order valence-corrected chi connectivity index (χ4v) is 2.79. The molecule has 0 amide bonds. The molecule has 0 unspecified atom stereocenters.